The minimum Gasteiger partial charge on any atom is -0.481 e. The molecule has 0 saturated heterocycles. The first-order valence-electron chi connectivity index (χ1n) is 5.49. The number of hydrogen-bond acceptors (Lipinski definition) is 2. The predicted octanol–water partition coefficient (Wildman–Crippen LogP) is 2.79. The first-order valence-corrected chi connectivity index (χ1v) is 6.28. The molecule has 94 valence electrons. The molecule has 2 aromatic rings. The number of halogens is 1. The summed E-state index contributed by atoms with van der Waals surface area (Å²) in [7, 11) is 1.86. The second kappa shape index (κ2) is 4.94. The van der Waals surface area contributed by atoms with Crippen molar-refractivity contribution in [3.63, 3.8) is 0 Å². The Kier molecular flexibility index (Phi) is 3.52. The SMILES string of the molecule is Cc1ccc(-c2nc(CC(=O)O)c(Br)n2C)cc1. The molecule has 5 heteroatoms. The fraction of sp³-hybridized carbons (Fsp3) is 0.231. The average molecular weight is 309 g/mol. The predicted molar refractivity (Wildman–Crippen MR) is 72.4 cm³/mol. The van der Waals surface area contributed by atoms with Gasteiger partial charge in [0.15, 0.2) is 0 Å². The third kappa shape index (κ3) is 2.46. The molecule has 1 heterocycles. The van der Waals surface area contributed by atoms with Crippen LogP contribution in [0.4, 0.5) is 0 Å². The van der Waals surface area contributed by atoms with Crippen LogP contribution in [0.5, 0.6) is 0 Å². The summed E-state index contributed by atoms with van der Waals surface area (Å²) in [4.78, 5) is 15.1. The zero-order valence-corrected chi connectivity index (χ0v) is 11.7. The molecule has 1 N–H and O–H groups in total. The van der Waals surface area contributed by atoms with Crippen LogP contribution in [0.15, 0.2) is 28.9 Å². The number of carbonyl (C=O) groups is 1. The monoisotopic (exact) mass is 308 g/mol. The maximum atomic E-state index is 10.8. The number of aliphatic carboxylic acids is 1. The molecular formula is C13H13BrN2O2. The van der Waals surface area contributed by atoms with Crippen molar-refractivity contribution in [3.05, 3.63) is 40.1 Å². The van der Waals surface area contributed by atoms with Gasteiger partial charge in [-0.25, -0.2) is 4.98 Å². The van der Waals surface area contributed by atoms with Crippen LogP contribution in [0.1, 0.15) is 11.3 Å². The lowest BCUT2D eigenvalue weighted by Gasteiger charge is -2.02. The lowest BCUT2D eigenvalue weighted by molar-refractivity contribution is -0.136. The van der Waals surface area contributed by atoms with E-state index in [0.29, 0.717) is 10.3 Å². The first-order chi connectivity index (χ1) is 8.49. The number of carboxylic acid groups (broad SMARTS) is 1. The van der Waals surface area contributed by atoms with Crippen molar-refractivity contribution in [1.82, 2.24) is 9.55 Å². The van der Waals surface area contributed by atoms with E-state index in [-0.39, 0.29) is 6.42 Å². The van der Waals surface area contributed by atoms with Crippen molar-refractivity contribution in [2.45, 2.75) is 13.3 Å². The molecule has 0 spiro atoms. The molecule has 1 aromatic heterocycles. The van der Waals surface area contributed by atoms with Crippen LogP contribution in [-0.2, 0) is 18.3 Å². The van der Waals surface area contributed by atoms with Gasteiger partial charge in [-0.05, 0) is 22.9 Å². The van der Waals surface area contributed by atoms with E-state index in [4.69, 9.17) is 5.11 Å². The van der Waals surface area contributed by atoms with E-state index in [2.05, 4.69) is 20.9 Å². The van der Waals surface area contributed by atoms with E-state index in [0.717, 1.165) is 11.4 Å². The molecule has 0 atom stereocenters. The molecule has 0 bridgehead atoms. The van der Waals surface area contributed by atoms with E-state index in [1.54, 1.807) is 0 Å². The van der Waals surface area contributed by atoms with Crippen molar-refractivity contribution < 1.29 is 9.90 Å². The smallest absolute Gasteiger partial charge is 0.309 e. The minimum atomic E-state index is -0.885. The number of nitrogens with zero attached hydrogens (tertiary/aromatic N) is 2. The van der Waals surface area contributed by atoms with Crippen molar-refractivity contribution in [1.29, 1.82) is 0 Å². The van der Waals surface area contributed by atoms with Crippen LogP contribution in [0.2, 0.25) is 0 Å². The van der Waals surface area contributed by atoms with Crippen LogP contribution in [-0.4, -0.2) is 20.6 Å². The van der Waals surface area contributed by atoms with Crippen LogP contribution in [0.3, 0.4) is 0 Å². The summed E-state index contributed by atoms with van der Waals surface area (Å²) in [5.41, 5.74) is 2.69. The van der Waals surface area contributed by atoms with Gasteiger partial charge in [0.1, 0.15) is 10.4 Å². The van der Waals surface area contributed by atoms with Crippen molar-refractivity contribution in [3.8, 4) is 11.4 Å². The van der Waals surface area contributed by atoms with E-state index in [1.807, 2.05) is 42.8 Å². The third-order valence-electron chi connectivity index (χ3n) is 2.72. The number of hydrogen-bond donors (Lipinski definition) is 1. The van der Waals surface area contributed by atoms with E-state index in [1.165, 1.54) is 5.56 Å². The Labute approximate surface area is 113 Å². The Morgan fingerprint density at radius 1 is 1.39 bits per heavy atom. The first kappa shape index (κ1) is 12.8. The topological polar surface area (TPSA) is 55.1 Å². The lowest BCUT2D eigenvalue weighted by Crippen LogP contribution is -2.01. The van der Waals surface area contributed by atoms with Crippen LogP contribution in [0, 0.1) is 6.92 Å². The Bertz CT molecular complexity index is 588. The van der Waals surface area contributed by atoms with Gasteiger partial charge in [-0.3, -0.25) is 4.79 Å². The van der Waals surface area contributed by atoms with Crippen molar-refractivity contribution in [2.24, 2.45) is 7.05 Å². The van der Waals surface area contributed by atoms with Crippen LogP contribution < -0.4 is 0 Å². The molecule has 1 aromatic carbocycles. The minimum absolute atomic E-state index is 0.0831. The molecule has 0 saturated carbocycles. The van der Waals surface area contributed by atoms with Crippen molar-refractivity contribution in [2.75, 3.05) is 0 Å². The van der Waals surface area contributed by atoms with Gasteiger partial charge >= 0.3 is 5.97 Å². The highest BCUT2D eigenvalue weighted by molar-refractivity contribution is 9.10. The third-order valence-corrected chi connectivity index (χ3v) is 3.71. The summed E-state index contributed by atoms with van der Waals surface area (Å²) < 4.78 is 2.56. The van der Waals surface area contributed by atoms with Gasteiger partial charge in [0.2, 0.25) is 0 Å². The van der Waals surface area contributed by atoms with Gasteiger partial charge < -0.3 is 9.67 Å². The fourth-order valence-electron chi connectivity index (χ4n) is 1.75. The van der Waals surface area contributed by atoms with Gasteiger partial charge in [0.25, 0.3) is 0 Å². The molecule has 0 amide bonds. The number of carboxylic acids is 1. The largest absolute Gasteiger partial charge is 0.481 e. The van der Waals surface area contributed by atoms with Crippen LogP contribution >= 0.6 is 15.9 Å². The highest BCUT2D eigenvalue weighted by Crippen LogP contribution is 2.25. The summed E-state index contributed by atoms with van der Waals surface area (Å²) in [5.74, 6) is -0.123. The Morgan fingerprint density at radius 2 is 2.00 bits per heavy atom. The summed E-state index contributed by atoms with van der Waals surface area (Å²) in [6.45, 7) is 2.02. The normalized spacial score (nSPS) is 10.6. The second-order valence-corrected chi connectivity index (χ2v) is 4.92. The molecule has 18 heavy (non-hydrogen) atoms. The van der Waals surface area contributed by atoms with E-state index in [9.17, 15) is 4.79 Å². The van der Waals surface area contributed by atoms with Gasteiger partial charge in [-0.2, -0.15) is 0 Å². The number of benzene rings is 1. The molecule has 0 unspecified atom stereocenters. The van der Waals surface area contributed by atoms with Crippen LogP contribution in [0.25, 0.3) is 11.4 Å². The number of aryl methyl sites for hydroxylation is 1. The van der Waals surface area contributed by atoms with E-state index >= 15 is 0 Å². The Balaban J connectivity index is 2.45. The molecular weight excluding hydrogens is 296 g/mol. The summed E-state index contributed by atoms with van der Waals surface area (Å²) in [5, 5.41) is 8.83. The maximum Gasteiger partial charge on any atom is 0.309 e. The average Bonchev–Trinajstić information content (AvgIpc) is 2.58. The van der Waals surface area contributed by atoms with Crippen molar-refractivity contribution >= 4 is 21.9 Å². The highest BCUT2D eigenvalue weighted by Gasteiger charge is 2.15. The molecule has 0 fully saturated rings. The molecule has 0 aliphatic carbocycles. The number of aromatic nitrogens is 2. The summed E-state index contributed by atoms with van der Waals surface area (Å²) in [6.07, 6.45) is -0.0831. The summed E-state index contributed by atoms with van der Waals surface area (Å²) >= 11 is 3.38. The zero-order chi connectivity index (χ0) is 13.3. The zero-order valence-electron chi connectivity index (χ0n) is 10.1. The molecule has 0 aliphatic rings. The number of rotatable bonds is 3. The van der Waals surface area contributed by atoms with E-state index < -0.39 is 5.97 Å². The van der Waals surface area contributed by atoms with Gasteiger partial charge in [0, 0.05) is 12.6 Å². The van der Waals surface area contributed by atoms with Gasteiger partial charge in [0.05, 0.1) is 12.1 Å². The fourth-order valence-corrected chi connectivity index (χ4v) is 2.15. The second-order valence-electron chi connectivity index (χ2n) is 4.17. The maximum absolute atomic E-state index is 10.8. The quantitative estimate of drug-likeness (QED) is 0.948. The summed E-state index contributed by atoms with van der Waals surface area (Å²) in [6, 6.07) is 7.98. The Morgan fingerprint density at radius 3 is 2.56 bits per heavy atom. The highest BCUT2D eigenvalue weighted by atomic mass is 79.9. The van der Waals surface area contributed by atoms with Gasteiger partial charge in [-0.15, -0.1) is 0 Å². The molecule has 0 aliphatic heterocycles. The number of imidazole rings is 1. The lowest BCUT2D eigenvalue weighted by atomic mass is 10.1. The molecule has 2 rings (SSSR count). The molecule has 4 nitrogen and oxygen atoms in total. The Hall–Kier alpha value is -1.62. The van der Waals surface area contributed by atoms with Gasteiger partial charge in [-0.1, -0.05) is 29.8 Å². The molecule has 0 radical (unpaired) electrons. The standard InChI is InChI=1S/C13H13BrN2O2/c1-8-3-5-9(6-4-8)13-15-10(7-11(17)18)12(14)16(13)2/h3-6H,7H2,1-2H3,(H,17,18).